The molecule has 2 aromatic heterocycles. The molecule has 19 heavy (non-hydrogen) atoms. The summed E-state index contributed by atoms with van der Waals surface area (Å²) < 4.78 is 1.31. The van der Waals surface area contributed by atoms with E-state index in [9.17, 15) is 0 Å². The van der Waals surface area contributed by atoms with E-state index >= 15 is 0 Å². The second kappa shape index (κ2) is 5.15. The van der Waals surface area contributed by atoms with Crippen molar-refractivity contribution in [2.24, 2.45) is 5.73 Å². The lowest BCUT2D eigenvalue weighted by atomic mass is 10.1. The van der Waals surface area contributed by atoms with E-state index in [2.05, 4.69) is 47.2 Å². The number of aromatic amines is 1. The first-order valence-corrected chi connectivity index (χ1v) is 7.33. The number of hydrogen-bond acceptors (Lipinski definition) is 3. The van der Waals surface area contributed by atoms with Gasteiger partial charge in [-0.2, -0.15) is 0 Å². The molecular formula is C15H17N3S. The summed E-state index contributed by atoms with van der Waals surface area (Å²) in [5.41, 5.74) is 6.69. The number of imidazole rings is 1. The minimum absolute atomic E-state index is 0.383. The molecule has 1 unspecified atom stereocenters. The number of nitrogens with zero attached hydrogens (tertiary/aromatic N) is 1. The molecule has 3 N–H and O–H groups in total. The molecule has 0 radical (unpaired) electrons. The lowest BCUT2D eigenvalue weighted by Crippen LogP contribution is -2.05. The molecule has 0 fully saturated rings. The number of hydrogen-bond donors (Lipinski definition) is 2. The maximum atomic E-state index is 5.60. The SMILES string of the molecule is CC(CCN)c1ncc(-c2cc3ccccc3s2)[nH]1. The quantitative estimate of drug-likeness (QED) is 0.759. The van der Waals surface area contributed by atoms with Gasteiger partial charge in [0, 0.05) is 10.6 Å². The highest BCUT2D eigenvalue weighted by atomic mass is 32.1. The minimum atomic E-state index is 0.383. The summed E-state index contributed by atoms with van der Waals surface area (Å²) in [4.78, 5) is 9.13. The van der Waals surface area contributed by atoms with Crippen molar-refractivity contribution in [3.05, 3.63) is 42.4 Å². The van der Waals surface area contributed by atoms with Crippen LogP contribution in [0.25, 0.3) is 20.7 Å². The van der Waals surface area contributed by atoms with Crippen molar-refractivity contribution in [3.63, 3.8) is 0 Å². The maximum absolute atomic E-state index is 5.60. The van der Waals surface area contributed by atoms with Crippen molar-refractivity contribution in [1.29, 1.82) is 0 Å². The summed E-state index contributed by atoms with van der Waals surface area (Å²) in [5, 5.41) is 1.29. The van der Waals surface area contributed by atoms with Crippen molar-refractivity contribution in [2.45, 2.75) is 19.3 Å². The zero-order valence-corrected chi connectivity index (χ0v) is 11.7. The molecule has 0 amide bonds. The number of nitrogens with one attached hydrogen (secondary N) is 1. The Balaban J connectivity index is 1.93. The van der Waals surface area contributed by atoms with Crippen molar-refractivity contribution in [3.8, 4) is 10.6 Å². The fraction of sp³-hybridized carbons (Fsp3) is 0.267. The van der Waals surface area contributed by atoms with Gasteiger partial charge < -0.3 is 10.7 Å². The molecule has 0 bridgehead atoms. The topological polar surface area (TPSA) is 54.7 Å². The van der Waals surface area contributed by atoms with Gasteiger partial charge in [0.15, 0.2) is 0 Å². The van der Waals surface area contributed by atoms with Crippen molar-refractivity contribution >= 4 is 21.4 Å². The van der Waals surface area contributed by atoms with Gasteiger partial charge in [0.2, 0.25) is 0 Å². The van der Waals surface area contributed by atoms with Crippen LogP contribution in [0.3, 0.4) is 0 Å². The number of H-pyrrole nitrogens is 1. The first-order chi connectivity index (χ1) is 9.28. The molecular weight excluding hydrogens is 254 g/mol. The van der Waals surface area contributed by atoms with Crippen LogP contribution >= 0.6 is 11.3 Å². The molecule has 3 rings (SSSR count). The first-order valence-electron chi connectivity index (χ1n) is 6.52. The third kappa shape index (κ3) is 2.41. The number of fused-ring (bicyclic) bond motifs is 1. The molecule has 1 aromatic carbocycles. The molecule has 1 atom stereocenters. The summed E-state index contributed by atoms with van der Waals surface area (Å²) in [6.45, 7) is 2.85. The molecule has 0 aliphatic heterocycles. The van der Waals surface area contributed by atoms with E-state index in [1.807, 2.05) is 6.20 Å². The Morgan fingerprint density at radius 3 is 3.00 bits per heavy atom. The van der Waals surface area contributed by atoms with Crippen molar-refractivity contribution < 1.29 is 0 Å². The first kappa shape index (κ1) is 12.4. The molecule has 0 aliphatic rings. The standard InChI is InChI=1S/C15H17N3S/c1-10(6-7-16)15-17-9-12(18-15)14-8-11-4-2-3-5-13(11)19-14/h2-5,8-10H,6-7,16H2,1H3,(H,17,18). The Morgan fingerprint density at radius 2 is 2.21 bits per heavy atom. The molecule has 0 aliphatic carbocycles. The average molecular weight is 271 g/mol. The van der Waals surface area contributed by atoms with Gasteiger partial charge in [-0.3, -0.25) is 0 Å². The summed E-state index contributed by atoms with van der Waals surface area (Å²) in [6, 6.07) is 10.7. The second-order valence-corrected chi connectivity index (χ2v) is 5.89. The van der Waals surface area contributed by atoms with Gasteiger partial charge in [0.1, 0.15) is 5.82 Å². The van der Waals surface area contributed by atoms with Gasteiger partial charge in [0.25, 0.3) is 0 Å². The fourth-order valence-electron chi connectivity index (χ4n) is 2.21. The lowest BCUT2D eigenvalue weighted by Gasteiger charge is -2.05. The van der Waals surface area contributed by atoms with Gasteiger partial charge in [-0.25, -0.2) is 4.98 Å². The van der Waals surface area contributed by atoms with E-state index in [4.69, 9.17) is 5.73 Å². The Hall–Kier alpha value is -1.65. The normalized spacial score (nSPS) is 12.9. The van der Waals surface area contributed by atoms with Gasteiger partial charge in [-0.05, 0) is 30.5 Å². The largest absolute Gasteiger partial charge is 0.341 e. The molecule has 3 nitrogen and oxygen atoms in total. The zero-order valence-electron chi connectivity index (χ0n) is 10.9. The Labute approximate surface area is 116 Å². The summed E-state index contributed by atoms with van der Waals surface area (Å²) in [6.07, 6.45) is 2.88. The third-order valence-electron chi connectivity index (χ3n) is 3.35. The Morgan fingerprint density at radius 1 is 1.37 bits per heavy atom. The summed E-state index contributed by atoms with van der Waals surface area (Å²) >= 11 is 1.79. The highest BCUT2D eigenvalue weighted by molar-refractivity contribution is 7.22. The van der Waals surface area contributed by atoms with E-state index < -0.39 is 0 Å². The average Bonchev–Trinajstić information content (AvgIpc) is 3.05. The van der Waals surface area contributed by atoms with Crippen LogP contribution in [0, 0.1) is 0 Å². The second-order valence-electron chi connectivity index (χ2n) is 4.81. The molecule has 2 heterocycles. The van der Waals surface area contributed by atoms with Crippen LogP contribution in [0.5, 0.6) is 0 Å². The van der Waals surface area contributed by atoms with E-state index in [-0.39, 0.29) is 0 Å². The van der Waals surface area contributed by atoms with Gasteiger partial charge in [0.05, 0.1) is 16.8 Å². The van der Waals surface area contributed by atoms with E-state index in [1.165, 1.54) is 15.0 Å². The number of thiophene rings is 1. The highest BCUT2D eigenvalue weighted by Crippen LogP contribution is 2.33. The van der Waals surface area contributed by atoms with Crippen LogP contribution in [0.1, 0.15) is 25.1 Å². The van der Waals surface area contributed by atoms with E-state index in [1.54, 1.807) is 11.3 Å². The van der Waals surface area contributed by atoms with Crippen LogP contribution in [0.15, 0.2) is 36.5 Å². The molecule has 4 heteroatoms. The number of nitrogens with two attached hydrogens (primary N) is 1. The predicted molar refractivity (Wildman–Crippen MR) is 81.5 cm³/mol. The predicted octanol–water partition coefficient (Wildman–Crippen LogP) is 3.74. The lowest BCUT2D eigenvalue weighted by molar-refractivity contribution is 0.655. The summed E-state index contributed by atoms with van der Waals surface area (Å²) in [5.74, 6) is 1.41. The number of aromatic nitrogens is 2. The van der Waals surface area contributed by atoms with Crippen LogP contribution in [0.4, 0.5) is 0 Å². The number of benzene rings is 1. The van der Waals surface area contributed by atoms with Gasteiger partial charge in [-0.1, -0.05) is 25.1 Å². The van der Waals surface area contributed by atoms with Crippen LogP contribution in [-0.2, 0) is 0 Å². The Kier molecular flexibility index (Phi) is 3.36. The van der Waals surface area contributed by atoms with Gasteiger partial charge >= 0.3 is 0 Å². The van der Waals surface area contributed by atoms with Crippen LogP contribution in [0.2, 0.25) is 0 Å². The monoisotopic (exact) mass is 271 g/mol. The van der Waals surface area contributed by atoms with E-state index in [0.29, 0.717) is 12.5 Å². The third-order valence-corrected chi connectivity index (χ3v) is 4.50. The number of rotatable bonds is 4. The smallest absolute Gasteiger partial charge is 0.109 e. The van der Waals surface area contributed by atoms with Gasteiger partial charge in [-0.15, -0.1) is 11.3 Å². The zero-order chi connectivity index (χ0) is 13.2. The van der Waals surface area contributed by atoms with Crippen LogP contribution < -0.4 is 5.73 Å². The highest BCUT2D eigenvalue weighted by Gasteiger charge is 2.11. The van der Waals surface area contributed by atoms with E-state index in [0.717, 1.165) is 17.9 Å². The maximum Gasteiger partial charge on any atom is 0.109 e. The van der Waals surface area contributed by atoms with Crippen molar-refractivity contribution in [1.82, 2.24) is 9.97 Å². The van der Waals surface area contributed by atoms with Crippen LogP contribution in [-0.4, -0.2) is 16.5 Å². The summed E-state index contributed by atoms with van der Waals surface area (Å²) in [7, 11) is 0. The fourth-order valence-corrected chi connectivity index (χ4v) is 3.24. The molecule has 0 saturated carbocycles. The molecule has 0 saturated heterocycles. The molecule has 98 valence electrons. The Bertz CT molecular complexity index is 650. The molecule has 0 spiro atoms. The minimum Gasteiger partial charge on any atom is -0.341 e. The molecule has 3 aromatic rings. The van der Waals surface area contributed by atoms with Crippen molar-refractivity contribution in [2.75, 3.05) is 6.54 Å².